The summed E-state index contributed by atoms with van der Waals surface area (Å²) >= 11 is 1.36. The standard InChI is InChI=1S/C18H14FN5O2S/c1-11-9-16(22-17(25)20-13-6-3-2-5-12(13)19)24(23-11)18-21-14(10-27-18)15-7-4-8-26-15/h2-10H,1H3,(H2,20,22,25). The lowest BCUT2D eigenvalue weighted by atomic mass is 10.3. The number of thiazole rings is 1. The van der Waals surface area contributed by atoms with Crippen molar-refractivity contribution in [3.63, 3.8) is 0 Å². The Morgan fingerprint density at radius 1 is 1.22 bits per heavy atom. The molecule has 0 fully saturated rings. The molecule has 0 atom stereocenters. The van der Waals surface area contributed by atoms with Gasteiger partial charge in [-0.3, -0.25) is 5.32 Å². The zero-order chi connectivity index (χ0) is 18.8. The molecule has 0 saturated heterocycles. The molecule has 9 heteroatoms. The molecule has 3 aromatic heterocycles. The summed E-state index contributed by atoms with van der Waals surface area (Å²) in [7, 11) is 0. The van der Waals surface area contributed by atoms with E-state index >= 15 is 0 Å². The van der Waals surface area contributed by atoms with Crippen molar-refractivity contribution in [3.8, 4) is 16.6 Å². The van der Waals surface area contributed by atoms with Gasteiger partial charge in [-0.25, -0.2) is 14.2 Å². The number of carbonyl (C=O) groups is 1. The van der Waals surface area contributed by atoms with Crippen LogP contribution in [-0.4, -0.2) is 20.8 Å². The van der Waals surface area contributed by atoms with Gasteiger partial charge in [0.1, 0.15) is 17.3 Å². The topological polar surface area (TPSA) is 85.0 Å². The van der Waals surface area contributed by atoms with Crippen LogP contribution in [0.25, 0.3) is 16.6 Å². The van der Waals surface area contributed by atoms with Crippen LogP contribution in [0.15, 0.2) is 58.5 Å². The Labute approximate surface area is 157 Å². The number of nitrogens with zero attached hydrogens (tertiary/aromatic N) is 3. The maximum Gasteiger partial charge on any atom is 0.324 e. The van der Waals surface area contributed by atoms with Crippen LogP contribution in [0.3, 0.4) is 0 Å². The second kappa shape index (κ2) is 7.04. The van der Waals surface area contributed by atoms with Crippen LogP contribution in [0.1, 0.15) is 5.69 Å². The Bertz CT molecular complexity index is 1090. The fourth-order valence-corrected chi connectivity index (χ4v) is 3.24. The molecule has 4 aromatic rings. The van der Waals surface area contributed by atoms with Gasteiger partial charge in [-0.1, -0.05) is 12.1 Å². The number of furan rings is 1. The highest BCUT2D eigenvalue weighted by molar-refractivity contribution is 7.12. The minimum absolute atomic E-state index is 0.0899. The molecule has 0 radical (unpaired) electrons. The van der Waals surface area contributed by atoms with Crippen LogP contribution < -0.4 is 10.6 Å². The first-order valence-corrected chi connectivity index (χ1v) is 8.87. The number of hydrogen-bond donors (Lipinski definition) is 2. The summed E-state index contributed by atoms with van der Waals surface area (Å²) < 4.78 is 20.6. The van der Waals surface area contributed by atoms with E-state index in [-0.39, 0.29) is 5.69 Å². The summed E-state index contributed by atoms with van der Waals surface area (Å²) in [5.74, 6) is 0.551. The second-order valence-corrected chi connectivity index (χ2v) is 6.47. The van der Waals surface area contributed by atoms with E-state index in [0.29, 0.717) is 28.1 Å². The monoisotopic (exact) mass is 383 g/mol. The third-order valence-corrected chi connectivity index (χ3v) is 4.46. The number of nitrogens with one attached hydrogen (secondary N) is 2. The molecular weight excluding hydrogens is 369 g/mol. The third kappa shape index (κ3) is 3.58. The first kappa shape index (κ1) is 17.0. The lowest BCUT2D eigenvalue weighted by molar-refractivity contribution is 0.262. The highest BCUT2D eigenvalue weighted by atomic mass is 32.1. The van der Waals surface area contributed by atoms with E-state index < -0.39 is 11.8 Å². The number of para-hydroxylation sites is 1. The van der Waals surface area contributed by atoms with E-state index in [1.807, 2.05) is 11.4 Å². The molecule has 2 N–H and O–H groups in total. The number of aryl methyl sites for hydroxylation is 1. The van der Waals surface area contributed by atoms with Gasteiger partial charge in [-0.2, -0.15) is 9.78 Å². The Morgan fingerprint density at radius 3 is 2.85 bits per heavy atom. The Hall–Kier alpha value is -3.46. The van der Waals surface area contributed by atoms with Gasteiger partial charge in [-0.15, -0.1) is 11.3 Å². The maximum absolute atomic E-state index is 13.7. The molecule has 0 unspecified atom stereocenters. The Morgan fingerprint density at radius 2 is 2.07 bits per heavy atom. The van der Waals surface area contributed by atoms with E-state index in [1.54, 1.807) is 37.5 Å². The lowest BCUT2D eigenvalue weighted by Crippen LogP contribution is -2.21. The molecule has 0 aliphatic rings. The summed E-state index contributed by atoms with van der Waals surface area (Å²) in [4.78, 5) is 16.8. The number of hydrogen-bond acceptors (Lipinski definition) is 5. The highest BCUT2D eigenvalue weighted by Gasteiger charge is 2.16. The molecule has 1 aromatic carbocycles. The van der Waals surface area contributed by atoms with E-state index in [9.17, 15) is 9.18 Å². The molecule has 136 valence electrons. The summed E-state index contributed by atoms with van der Waals surface area (Å²) in [5.41, 5.74) is 1.47. The second-order valence-electron chi connectivity index (χ2n) is 5.63. The van der Waals surface area contributed by atoms with E-state index in [2.05, 4.69) is 20.7 Å². The maximum atomic E-state index is 13.7. The molecule has 4 rings (SSSR count). The fraction of sp³-hybridized carbons (Fsp3) is 0.0556. The van der Waals surface area contributed by atoms with E-state index in [0.717, 1.165) is 0 Å². The van der Waals surface area contributed by atoms with Gasteiger partial charge < -0.3 is 9.73 Å². The van der Waals surface area contributed by atoms with Crippen molar-refractivity contribution in [1.29, 1.82) is 0 Å². The highest BCUT2D eigenvalue weighted by Crippen LogP contribution is 2.26. The molecule has 0 spiro atoms. The first-order valence-electron chi connectivity index (χ1n) is 7.99. The number of aromatic nitrogens is 3. The van der Waals surface area contributed by atoms with Gasteiger partial charge >= 0.3 is 6.03 Å². The smallest absolute Gasteiger partial charge is 0.324 e. The number of benzene rings is 1. The zero-order valence-electron chi connectivity index (χ0n) is 14.1. The average Bonchev–Trinajstić information content (AvgIpc) is 3.37. The van der Waals surface area contributed by atoms with Crippen molar-refractivity contribution in [2.24, 2.45) is 0 Å². The van der Waals surface area contributed by atoms with Crippen LogP contribution in [0.2, 0.25) is 0 Å². The predicted molar refractivity (Wildman–Crippen MR) is 101 cm³/mol. The molecule has 3 heterocycles. The first-order chi connectivity index (χ1) is 13.1. The summed E-state index contributed by atoms with van der Waals surface area (Å²) in [5, 5.41) is 11.9. The van der Waals surface area contributed by atoms with Gasteiger partial charge in [0.15, 0.2) is 5.76 Å². The zero-order valence-corrected chi connectivity index (χ0v) is 15.0. The fourth-order valence-electron chi connectivity index (χ4n) is 2.47. The van der Waals surface area contributed by atoms with Crippen LogP contribution >= 0.6 is 11.3 Å². The van der Waals surface area contributed by atoms with Gasteiger partial charge in [-0.05, 0) is 31.2 Å². The van der Waals surface area contributed by atoms with Gasteiger partial charge in [0, 0.05) is 11.4 Å². The van der Waals surface area contributed by atoms with Crippen LogP contribution in [0.4, 0.5) is 20.7 Å². The Balaban J connectivity index is 1.56. The van der Waals surface area contributed by atoms with Gasteiger partial charge in [0.05, 0.1) is 17.6 Å². The van der Waals surface area contributed by atoms with Gasteiger partial charge in [0.2, 0.25) is 5.13 Å². The number of amides is 2. The van der Waals surface area contributed by atoms with E-state index in [1.165, 1.54) is 28.2 Å². The molecule has 0 bridgehead atoms. The number of anilines is 2. The van der Waals surface area contributed by atoms with Crippen molar-refractivity contribution in [3.05, 3.63) is 65.6 Å². The Kier molecular flexibility index (Phi) is 4.43. The van der Waals surface area contributed by atoms with Crippen LogP contribution in [-0.2, 0) is 0 Å². The average molecular weight is 383 g/mol. The molecule has 27 heavy (non-hydrogen) atoms. The van der Waals surface area contributed by atoms with Gasteiger partial charge in [0.25, 0.3) is 0 Å². The number of halogens is 1. The number of rotatable bonds is 4. The minimum Gasteiger partial charge on any atom is -0.463 e. The van der Waals surface area contributed by atoms with Crippen molar-refractivity contribution < 1.29 is 13.6 Å². The van der Waals surface area contributed by atoms with Crippen LogP contribution in [0.5, 0.6) is 0 Å². The SMILES string of the molecule is Cc1cc(NC(=O)Nc2ccccc2F)n(-c2nc(-c3ccco3)cs2)n1. The van der Waals surface area contributed by atoms with Crippen molar-refractivity contribution in [2.75, 3.05) is 10.6 Å². The predicted octanol–water partition coefficient (Wildman–Crippen LogP) is 4.68. The van der Waals surface area contributed by atoms with E-state index in [4.69, 9.17) is 4.42 Å². The van der Waals surface area contributed by atoms with Crippen molar-refractivity contribution >= 4 is 28.9 Å². The molecular formula is C18H14FN5O2S. The molecule has 0 aliphatic heterocycles. The molecule has 0 aliphatic carbocycles. The van der Waals surface area contributed by atoms with Crippen LogP contribution in [0, 0.1) is 12.7 Å². The van der Waals surface area contributed by atoms with Crippen molar-refractivity contribution in [2.45, 2.75) is 6.92 Å². The quantitative estimate of drug-likeness (QED) is 0.536. The lowest BCUT2D eigenvalue weighted by Gasteiger charge is -2.09. The summed E-state index contributed by atoms with van der Waals surface area (Å²) in [6, 6.07) is 10.7. The largest absolute Gasteiger partial charge is 0.463 e. The molecule has 7 nitrogen and oxygen atoms in total. The number of urea groups is 1. The summed E-state index contributed by atoms with van der Waals surface area (Å²) in [6.45, 7) is 1.80. The molecule has 2 amide bonds. The summed E-state index contributed by atoms with van der Waals surface area (Å²) in [6.07, 6.45) is 1.58. The minimum atomic E-state index is -0.580. The molecule has 0 saturated carbocycles. The number of carbonyl (C=O) groups excluding carboxylic acids is 1. The van der Waals surface area contributed by atoms with Crippen molar-refractivity contribution in [1.82, 2.24) is 14.8 Å². The normalized spacial score (nSPS) is 10.7. The third-order valence-electron chi connectivity index (χ3n) is 3.64.